The SMILES string of the molecule is COc1cc2c(c(OC)c1OC)C1=CC3OC3(OC)C(=O)C=C1C(NC(C)=O)CC2. The van der Waals surface area contributed by atoms with Gasteiger partial charge in [0.1, 0.15) is 6.10 Å². The fraction of sp³-hybridized carbons (Fsp3) is 0.455. The zero-order valence-electron chi connectivity index (χ0n) is 17.7. The van der Waals surface area contributed by atoms with Crippen molar-refractivity contribution in [3.05, 3.63) is 34.9 Å². The van der Waals surface area contributed by atoms with Crippen molar-refractivity contribution in [2.75, 3.05) is 28.4 Å². The number of ketones is 1. The highest BCUT2D eigenvalue weighted by Crippen LogP contribution is 2.52. The van der Waals surface area contributed by atoms with Crippen molar-refractivity contribution >= 4 is 17.3 Å². The summed E-state index contributed by atoms with van der Waals surface area (Å²) in [6.07, 6.45) is 4.11. The Bertz CT molecular complexity index is 980. The van der Waals surface area contributed by atoms with Gasteiger partial charge in [0.15, 0.2) is 11.5 Å². The molecule has 1 amide bonds. The van der Waals surface area contributed by atoms with Gasteiger partial charge in [-0.25, -0.2) is 0 Å². The second-order valence-electron chi connectivity index (χ2n) is 7.43. The summed E-state index contributed by atoms with van der Waals surface area (Å²) in [5, 5.41) is 2.97. The standard InChI is InChI=1S/C22H25NO7/c1-11(24)23-15-7-6-12-8-16(26-2)20(27-3)21(28-4)19(12)14-10-18-22(29-5,30-18)17(25)9-13(14)15/h8-10,15,18H,6-7H2,1-5H3,(H,23,24). The summed E-state index contributed by atoms with van der Waals surface area (Å²) in [6, 6.07) is 1.56. The molecule has 0 aromatic heterocycles. The Labute approximate surface area is 174 Å². The van der Waals surface area contributed by atoms with Crippen molar-refractivity contribution in [1.29, 1.82) is 0 Å². The van der Waals surface area contributed by atoms with E-state index in [1.54, 1.807) is 21.3 Å². The number of ether oxygens (including phenoxy) is 5. The number of amides is 1. The van der Waals surface area contributed by atoms with Crippen LogP contribution in [0.5, 0.6) is 17.2 Å². The molecule has 0 radical (unpaired) electrons. The molecular weight excluding hydrogens is 390 g/mol. The van der Waals surface area contributed by atoms with Gasteiger partial charge in [0.25, 0.3) is 5.79 Å². The molecule has 3 atom stereocenters. The lowest BCUT2D eigenvalue weighted by Crippen LogP contribution is -2.35. The molecule has 1 aromatic carbocycles. The van der Waals surface area contributed by atoms with Gasteiger partial charge in [-0.3, -0.25) is 9.59 Å². The van der Waals surface area contributed by atoms with Crippen LogP contribution in [0.1, 0.15) is 24.5 Å². The van der Waals surface area contributed by atoms with E-state index < -0.39 is 11.9 Å². The Morgan fingerprint density at radius 1 is 1.17 bits per heavy atom. The lowest BCUT2D eigenvalue weighted by molar-refractivity contribution is -0.134. The summed E-state index contributed by atoms with van der Waals surface area (Å²) in [7, 11) is 6.13. The van der Waals surface area contributed by atoms with Crippen LogP contribution in [0.2, 0.25) is 0 Å². The number of methoxy groups -OCH3 is 4. The molecule has 3 aliphatic rings. The zero-order chi connectivity index (χ0) is 21.6. The fourth-order valence-corrected chi connectivity index (χ4v) is 4.39. The number of fused-ring (bicyclic) bond motifs is 4. The van der Waals surface area contributed by atoms with Crippen molar-refractivity contribution in [3.63, 3.8) is 0 Å². The van der Waals surface area contributed by atoms with E-state index in [9.17, 15) is 9.59 Å². The van der Waals surface area contributed by atoms with Gasteiger partial charge in [0, 0.05) is 19.6 Å². The number of hydrogen-bond donors (Lipinski definition) is 1. The maximum atomic E-state index is 12.9. The van der Waals surface area contributed by atoms with Gasteiger partial charge in [-0.05, 0) is 47.8 Å². The van der Waals surface area contributed by atoms with E-state index in [-0.39, 0.29) is 17.7 Å². The topological polar surface area (TPSA) is 95.6 Å². The summed E-state index contributed by atoms with van der Waals surface area (Å²) in [4.78, 5) is 24.8. The Kier molecular flexibility index (Phi) is 5.07. The van der Waals surface area contributed by atoms with Crippen LogP contribution in [0.3, 0.4) is 0 Å². The minimum absolute atomic E-state index is 0.173. The third-order valence-corrected chi connectivity index (χ3v) is 5.82. The Hall–Kier alpha value is -2.84. The molecule has 1 heterocycles. The number of carbonyl (C=O) groups is 2. The minimum atomic E-state index is -1.31. The van der Waals surface area contributed by atoms with Gasteiger partial charge in [-0.2, -0.15) is 0 Å². The van der Waals surface area contributed by atoms with Crippen LogP contribution in [0.15, 0.2) is 23.8 Å². The normalized spacial score (nSPS) is 26.6. The van der Waals surface area contributed by atoms with Crippen LogP contribution < -0.4 is 19.5 Å². The number of nitrogens with one attached hydrogen (secondary N) is 1. The Morgan fingerprint density at radius 2 is 1.90 bits per heavy atom. The van der Waals surface area contributed by atoms with Gasteiger partial charge in [-0.15, -0.1) is 0 Å². The number of hydrogen-bond acceptors (Lipinski definition) is 7. The van der Waals surface area contributed by atoms with E-state index in [1.807, 2.05) is 12.1 Å². The van der Waals surface area contributed by atoms with Crippen molar-refractivity contribution < 1.29 is 33.3 Å². The molecule has 0 saturated carbocycles. The van der Waals surface area contributed by atoms with Crippen molar-refractivity contribution in [2.24, 2.45) is 0 Å². The molecule has 8 nitrogen and oxygen atoms in total. The zero-order valence-corrected chi connectivity index (χ0v) is 17.7. The molecule has 1 fully saturated rings. The number of epoxide rings is 1. The first-order valence-corrected chi connectivity index (χ1v) is 9.70. The van der Waals surface area contributed by atoms with E-state index in [1.165, 1.54) is 20.1 Å². The Balaban J connectivity index is 1.98. The molecule has 3 unspecified atom stereocenters. The number of carbonyl (C=O) groups excluding carboxylic acids is 2. The quantitative estimate of drug-likeness (QED) is 0.733. The summed E-state index contributed by atoms with van der Waals surface area (Å²) in [5.41, 5.74) is 3.22. The van der Waals surface area contributed by atoms with E-state index in [4.69, 9.17) is 23.7 Å². The molecule has 1 aliphatic heterocycles. The van der Waals surface area contributed by atoms with Gasteiger partial charge < -0.3 is 29.0 Å². The maximum Gasteiger partial charge on any atom is 0.264 e. The highest BCUT2D eigenvalue weighted by atomic mass is 16.8. The average Bonchev–Trinajstić information content (AvgIpc) is 3.48. The van der Waals surface area contributed by atoms with Gasteiger partial charge >= 0.3 is 0 Å². The van der Waals surface area contributed by atoms with Crippen LogP contribution in [0.25, 0.3) is 5.57 Å². The van der Waals surface area contributed by atoms with Crippen LogP contribution in [0, 0.1) is 0 Å². The van der Waals surface area contributed by atoms with Crippen molar-refractivity contribution in [1.82, 2.24) is 5.32 Å². The molecule has 8 heteroatoms. The average molecular weight is 415 g/mol. The number of aryl methyl sites for hydroxylation is 1. The second-order valence-corrected chi connectivity index (χ2v) is 7.43. The molecular formula is C22H25NO7. The third kappa shape index (κ3) is 2.98. The highest BCUT2D eigenvalue weighted by molar-refractivity contribution is 6.05. The largest absolute Gasteiger partial charge is 0.493 e. The fourth-order valence-electron chi connectivity index (χ4n) is 4.39. The molecule has 1 aromatic rings. The van der Waals surface area contributed by atoms with Crippen molar-refractivity contribution in [3.8, 4) is 17.2 Å². The van der Waals surface area contributed by atoms with Crippen LogP contribution in [-0.2, 0) is 25.5 Å². The van der Waals surface area contributed by atoms with Gasteiger partial charge in [-0.1, -0.05) is 0 Å². The van der Waals surface area contributed by atoms with E-state index in [0.29, 0.717) is 35.7 Å². The third-order valence-electron chi connectivity index (χ3n) is 5.82. The minimum Gasteiger partial charge on any atom is -0.493 e. The molecule has 0 bridgehead atoms. The summed E-state index contributed by atoms with van der Waals surface area (Å²) >= 11 is 0. The molecule has 1 N–H and O–H groups in total. The molecule has 2 aliphatic carbocycles. The van der Waals surface area contributed by atoms with Gasteiger partial charge in [0.2, 0.25) is 17.4 Å². The lowest BCUT2D eigenvalue weighted by atomic mass is 9.91. The molecule has 160 valence electrons. The summed E-state index contributed by atoms with van der Waals surface area (Å²) < 4.78 is 27.9. The molecule has 0 spiro atoms. The lowest BCUT2D eigenvalue weighted by Gasteiger charge is -2.22. The second kappa shape index (κ2) is 7.45. The summed E-state index contributed by atoms with van der Waals surface area (Å²) in [5.74, 6) is -0.248. The molecule has 4 rings (SSSR count). The maximum absolute atomic E-state index is 12.9. The summed E-state index contributed by atoms with van der Waals surface area (Å²) in [6.45, 7) is 1.46. The van der Waals surface area contributed by atoms with E-state index in [0.717, 1.165) is 16.7 Å². The van der Waals surface area contributed by atoms with Crippen LogP contribution in [-0.4, -0.2) is 58.1 Å². The highest BCUT2D eigenvalue weighted by Gasteiger charge is 2.63. The molecule has 1 saturated heterocycles. The predicted molar refractivity (Wildman–Crippen MR) is 108 cm³/mol. The smallest absolute Gasteiger partial charge is 0.264 e. The first-order chi connectivity index (χ1) is 14.4. The Morgan fingerprint density at radius 3 is 2.50 bits per heavy atom. The number of rotatable bonds is 5. The van der Waals surface area contributed by atoms with Crippen molar-refractivity contribution in [2.45, 2.75) is 37.7 Å². The van der Waals surface area contributed by atoms with E-state index in [2.05, 4.69) is 5.32 Å². The first-order valence-electron chi connectivity index (χ1n) is 9.70. The van der Waals surface area contributed by atoms with Crippen LogP contribution in [0.4, 0.5) is 0 Å². The monoisotopic (exact) mass is 415 g/mol. The first kappa shape index (κ1) is 20.4. The number of benzene rings is 1. The van der Waals surface area contributed by atoms with E-state index >= 15 is 0 Å². The van der Waals surface area contributed by atoms with Gasteiger partial charge in [0.05, 0.1) is 27.4 Å². The predicted octanol–water partition coefficient (Wildman–Crippen LogP) is 1.80. The molecule has 30 heavy (non-hydrogen) atoms. The van der Waals surface area contributed by atoms with Crippen LogP contribution >= 0.6 is 0 Å².